The fourth-order valence-electron chi connectivity index (χ4n) is 5.06. The molecule has 2 aliphatic rings. The number of carbonyl (C=O) groups is 2. The molecule has 3 unspecified atom stereocenters. The SMILES string of the molecule is CC1CN(C(=O)N2CCC(O)C2)CC1c1cc(N(C)Cc2ccc(F)cc2)n(C(=O)c2ccco2)n1. The van der Waals surface area contributed by atoms with Crippen LogP contribution < -0.4 is 4.90 Å². The second-order valence-electron chi connectivity index (χ2n) is 9.76. The highest BCUT2D eigenvalue weighted by atomic mass is 19.1. The van der Waals surface area contributed by atoms with Gasteiger partial charge in [0.25, 0.3) is 0 Å². The number of carbonyl (C=O) groups excluding carboxylic acids is 2. The standard InChI is InChI=1S/C26H30FN5O4/c1-17-13-31(26(35)30-10-9-20(33)15-30)16-21(17)22-12-24(29(2)14-18-5-7-19(27)8-6-18)32(28-22)25(34)23-4-3-11-36-23/h3-8,11-12,17,20-21,33H,9-10,13-16H2,1-2H3. The Labute approximate surface area is 208 Å². The van der Waals surface area contributed by atoms with Crippen LogP contribution in [0.1, 0.15) is 41.1 Å². The third-order valence-corrected chi connectivity index (χ3v) is 7.05. The van der Waals surface area contributed by atoms with Crippen LogP contribution in [-0.2, 0) is 6.54 Å². The Hall–Kier alpha value is -3.66. The number of likely N-dealkylation sites (tertiary alicyclic amines) is 2. The molecule has 2 amide bonds. The van der Waals surface area contributed by atoms with Gasteiger partial charge in [0.05, 0.1) is 18.1 Å². The molecule has 10 heteroatoms. The van der Waals surface area contributed by atoms with Crippen LogP contribution in [0.4, 0.5) is 15.0 Å². The summed E-state index contributed by atoms with van der Waals surface area (Å²) in [4.78, 5) is 31.6. The fourth-order valence-corrected chi connectivity index (χ4v) is 5.06. The molecular weight excluding hydrogens is 465 g/mol. The van der Waals surface area contributed by atoms with Crippen LogP contribution in [0.2, 0.25) is 0 Å². The number of furan rings is 1. The van der Waals surface area contributed by atoms with Gasteiger partial charge in [-0.2, -0.15) is 9.78 Å². The number of halogens is 1. The minimum absolute atomic E-state index is 0.0508. The molecule has 2 fully saturated rings. The molecule has 0 bridgehead atoms. The van der Waals surface area contributed by atoms with Crippen molar-refractivity contribution in [3.05, 3.63) is 71.6 Å². The van der Waals surface area contributed by atoms with Crippen molar-refractivity contribution in [2.24, 2.45) is 5.92 Å². The number of hydrogen-bond donors (Lipinski definition) is 1. The highest BCUT2D eigenvalue weighted by Crippen LogP contribution is 2.35. The first-order valence-corrected chi connectivity index (χ1v) is 12.2. The first kappa shape index (κ1) is 24.1. The lowest BCUT2D eigenvalue weighted by molar-refractivity contribution is 0.0918. The molecule has 3 aromatic rings. The summed E-state index contributed by atoms with van der Waals surface area (Å²) >= 11 is 0. The number of nitrogens with zero attached hydrogens (tertiary/aromatic N) is 5. The van der Waals surface area contributed by atoms with Crippen molar-refractivity contribution in [2.45, 2.75) is 31.9 Å². The first-order chi connectivity index (χ1) is 17.3. The van der Waals surface area contributed by atoms with E-state index in [2.05, 4.69) is 6.92 Å². The largest absolute Gasteiger partial charge is 0.459 e. The van der Waals surface area contributed by atoms with Crippen molar-refractivity contribution in [3.8, 4) is 0 Å². The van der Waals surface area contributed by atoms with E-state index in [1.54, 1.807) is 29.2 Å². The Balaban J connectivity index is 1.41. The molecule has 2 aromatic heterocycles. The average Bonchev–Trinajstić information content (AvgIpc) is 3.66. The maximum atomic E-state index is 13.4. The van der Waals surface area contributed by atoms with Gasteiger partial charge in [-0.3, -0.25) is 4.79 Å². The van der Waals surface area contributed by atoms with E-state index in [1.807, 2.05) is 22.9 Å². The Morgan fingerprint density at radius 3 is 2.61 bits per heavy atom. The summed E-state index contributed by atoms with van der Waals surface area (Å²) in [6.45, 7) is 4.50. The van der Waals surface area contributed by atoms with Gasteiger partial charge in [0.1, 0.15) is 11.6 Å². The van der Waals surface area contributed by atoms with E-state index in [4.69, 9.17) is 9.52 Å². The summed E-state index contributed by atoms with van der Waals surface area (Å²) < 4.78 is 20.0. The molecule has 0 radical (unpaired) electrons. The van der Waals surface area contributed by atoms with Crippen LogP contribution in [0.5, 0.6) is 0 Å². The number of amides is 2. The molecule has 3 atom stereocenters. The van der Waals surface area contributed by atoms with Crippen molar-refractivity contribution in [1.82, 2.24) is 19.6 Å². The highest BCUT2D eigenvalue weighted by molar-refractivity contribution is 5.94. The molecule has 5 rings (SSSR count). The summed E-state index contributed by atoms with van der Waals surface area (Å²) in [7, 11) is 1.85. The van der Waals surface area contributed by atoms with E-state index in [1.165, 1.54) is 23.1 Å². The van der Waals surface area contributed by atoms with Crippen molar-refractivity contribution in [3.63, 3.8) is 0 Å². The lowest BCUT2D eigenvalue weighted by Gasteiger charge is -2.24. The van der Waals surface area contributed by atoms with Crippen LogP contribution in [-0.4, -0.2) is 76.0 Å². The molecule has 9 nitrogen and oxygen atoms in total. The van der Waals surface area contributed by atoms with Crippen LogP contribution >= 0.6 is 0 Å². The van der Waals surface area contributed by atoms with Gasteiger partial charge in [0.2, 0.25) is 0 Å². The average molecular weight is 496 g/mol. The molecule has 0 saturated carbocycles. The zero-order chi connectivity index (χ0) is 25.4. The third-order valence-electron chi connectivity index (χ3n) is 7.05. The molecule has 4 heterocycles. The van der Waals surface area contributed by atoms with Crippen LogP contribution in [0.15, 0.2) is 53.1 Å². The van der Waals surface area contributed by atoms with Crippen molar-refractivity contribution >= 4 is 17.8 Å². The maximum Gasteiger partial charge on any atom is 0.320 e. The molecule has 1 N–H and O–H groups in total. The van der Waals surface area contributed by atoms with Gasteiger partial charge in [-0.15, -0.1) is 0 Å². The fraction of sp³-hybridized carbons (Fsp3) is 0.423. The van der Waals surface area contributed by atoms with Crippen molar-refractivity contribution < 1.29 is 23.5 Å². The number of aliphatic hydroxyl groups is 1. The Kier molecular flexibility index (Phi) is 6.53. The summed E-state index contributed by atoms with van der Waals surface area (Å²) in [6, 6.07) is 11.3. The second-order valence-corrected chi connectivity index (χ2v) is 9.76. The van der Waals surface area contributed by atoms with Crippen LogP contribution in [0, 0.1) is 11.7 Å². The minimum Gasteiger partial charge on any atom is -0.459 e. The summed E-state index contributed by atoms with van der Waals surface area (Å²) in [5, 5.41) is 14.5. The summed E-state index contributed by atoms with van der Waals surface area (Å²) in [6.07, 6.45) is 1.58. The van der Waals surface area contributed by atoms with Gasteiger partial charge in [-0.25, -0.2) is 9.18 Å². The lowest BCUT2D eigenvalue weighted by Crippen LogP contribution is -2.41. The van der Waals surface area contributed by atoms with E-state index >= 15 is 0 Å². The van der Waals surface area contributed by atoms with Crippen molar-refractivity contribution in [2.75, 3.05) is 38.1 Å². The highest BCUT2D eigenvalue weighted by Gasteiger charge is 2.39. The minimum atomic E-state index is -0.465. The molecule has 0 aliphatic carbocycles. The van der Waals surface area contributed by atoms with Crippen LogP contribution in [0.3, 0.4) is 0 Å². The number of anilines is 1. The normalized spacial score (nSPS) is 21.8. The van der Waals surface area contributed by atoms with Crippen LogP contribution in [0.25, 0.3) is 0 Å². The number of β-amino-alcohol motifs (C(OH)–C–C–N with tert-alkyl or cyclic N) is 1. The molecule has 1 aromatic carbocycles. The number of aromatic nitrogens is 2. The summed E-state index contributed by atoms with van der Waals surface area (Å²) in [5.41, 5.74) is 1.61. The predicted molar refractivity (Wildman–Crippen MR) is 130 cm³/mol. The predicted octanol–water partition coefficient (Wildman–Crippen LogP) is 3.16. The molecule has 0 spiro atoms. The second kappa shape index (κ2) is 9.77. The smallest absolute Gasteiger partial charge is 0.320 e. The van der Waals surface area contributed by atoms with Gasteiger partial charge in [0.15, 0.2) is 5.76 Å². The Morgan fingerprint density at radius 2 is 1.94 bits per heavy atom. The summed E-state index contributed by atoms with van der Waals surface area (Å²) in [5.74, 6) is 0.139. The number of rotatable bonds is 5. The number of benzene rings is 1. The van der Waals surface area contributed by atoms with Gasteiger partial charge in [-0.05, 0) is 42.2 Å². The monoisotopic (exact) mass is 495 g/mol. The third kappa shape index (κ3) is 4.73. The van der Waals surface area contributed by atoms with Gasteiger partial charge in [0, 0.05) is 51.8 Å². The topological polar surface area (TPSA) is 95.1 Å². The molecule has 36 heavy (non-hydrogen) atoms. The van der Waals surface area contributed by atoms with E-state index in [0.29, 0.717) is 45.0 Å². The first-order valence-electron chi connectivity index (χ1n) is 12.2. The zero-order valence-corrected chi connectivity index (χ0v) is 20.4. The zero-order valence-electron chi connectivity index (χ0n) is 20.4. The quantitative estimate of drug-likeness (QED) is 0.584. The van der Waals surface area contributed by atoms with Crippen molar-refractivity contribution in [1.29, 1.82) is 0 Å². The van der Waals surface area contributed by atoms with E-state index in [0.717, 1.165) is 11.3 Å². The number of hydrogen-bond acceptors (Lipinski definition) is 6. The van der Waals surface area contributed by atoms with E-state index < -0.39 is 12.0 Å². The Bertz CT molecular complexity index is 1230. The molecule has 2 saturated heterocycles. The maximum absolute atomic E-state index is 13.4. The van der Waals surface area contributed by atoms with Gasteiger partial charge in [-0.1, -0.05) is 19.1 Å². The van der Waals surface area contributed by atoms with E-state index in [9.17, 15) is 19.1 Å². The molecule has 190 valence electrons. The van der Waals surface area contributed by atoms with Gasteiger partial charge >= 0.3 is 11.9 Å². The lowest BCUT2D eigenvalue weighted by atomic mass is 9.95. The van der Waals surface area contributed by atoms with E-state index in [-0.39, 0.29) is 29.4 Å². The van der Waals surface area contributed by atoms with Gasteiger partial charge < -0.3 is 24.2 Å². The molecular formula is C26H30FN5O4. The number of aliphatic hydroxyl groups excluding tert-OH is 1. The number of urea groups is 1. The molecule has 2 aliphatic heterocycles. The Morgan fingerprint density at radius 1 is 1.17 bits per heavy atom.